The van der Waals surface area contributed by atoms with Gasteiger partial charge in [0.05, 0.1) is 23.9 Å². The van der Waals surface area contributed by atoms with Crippen LogP contribution in [-0.2, 0) is 9.53 Å². The molecule has 0 aliphatic rings. The number of benzene rings is 1. The minimum absolute atomic E-state index is 0.216. The third-order valence-electron chi connectivity index (χ3n) is 3.50. The number of carbonyl (C=O) groups is 1. The normalized spacial score (nSPS) is 12.2. The number of para-hydroxylation sites is 1. The summed E-state index contributed by atoms with van der Waals surface area (Å²) in [4.78, 5) is 20.7. The van der Waals surface area contributed by atoms with E-state index in [2.05, 4.69) is 15.1 Å². The maximum absolute atomic E-state index is 12.0. The van der Waals surface area contributed by atoms with E-state index in [9.17, 15) is 4.79 Å². The van der Waals surface area contributed by atoms with Crippen LogP contribution >= 0.6 is 11.8 Å². The molecule has 0 N–H and O–H groups in total. The van der Waals surface area contributed by atoms with Crippen LogP contribution in [0.4, 0.5) is 0 Å². The molecule has 0 saturated heterocycles. The molecule has 6 nitrogen and oxygen atoms in total. The number of carbonyl (C=O) groups excluding carboxylic acids is 1. The second kappa shape index (κ2) is 7.44. The van der Waals surface area contributed by atoms with Gasteiger partial charge in [-0.25, -0.2) is 14.6 Å². The molecule has 24 heavy (non-hydrogen) atoms. The highest BCUT2D eigenvalue weighted by Gasteiger charge is 2.22. The smallest absolute Gasteiger partial charge is 0.319 e. The Bertz CT molecular complexity index is 835. The first-order chi connectivity index (χ1) is 11.7. The Morgan fingerprint density at radius 3 is 2.75 bits per heavy atom. The van der Waals surface area contributed by atoms with E-state index < -0.39 is 0 Å². The topological polar surface area (TPSA) is 69.9 Å². The molecular formula is C17H18N4O2S. The third kappa shape index (κ3) is 3.26. The van der Waals surface area contributed by atoms with Crippen molar-refractivity contribution < 1.29 is 9.53 Å². The molecule has 0 spiro atoms. The summed E-state index contributed by atoms with van der Waals surface area (Å²) in [5.41, 5.74) is 1.65. The van der Waals surface area contributed by atoms with Gasteiger partial charge in [-0.15, -0.1) is 0 Å². The van der Waals surface area contributed by atoms with Crippen LogP contribution in [0.2, 0.25) is 0 Å². The largest absolute Gasteiger partial charge is 0.465 e. The van der Waals surface area contributed by atoms with Gasteiger partial charge in [0.2, 0.25) is 0 Å². The van der Waals surface area contributed by atoms with E-state index in [1.54, 1.807) is 10.9 Å². The number of thioether (sulfide) groups is 1. The molecule has 1 atom stereocenters. The molecule has 3 rings (SSSR count). The molecule has 0 radical (unpaired) electrons. The highest BCUT2D eigenvalue weighted by atomic mass is 32.2. The highest BCUT2D eigenvalue weighted by molar-refractivity contribution is 8.00. The molecule has 124 valence electrons. The summed E-state index contributed by atoms with van der Waals surface area (Å²) in [5.74, 6) is -0.216. The molecule has 0 amide bonds. The first kappa shape index (κ1) is 16.4. The van der Waals surface area contributed by atoms with Gasteiger partial charge in [0.25, 0.3) is 0 Å². The molecule has 2 heterocycles. The standard InChI is InChI=1S/C17H18N4O2S/c1-3-14(17(22)23-4-2)24-16-13-10-20-21(15(13)18-11-19-16)12-8-6-5-7-9-12/h5-11,14H,3-4H2,1-2H3. The number of nitrogens with zero attached hydrogens (tertiary/aromatic N) is 4. The Morgan fingerprint density at radius 2 is 2.04 bits per heavy atom. The predicted octanol–water partition coefficient (Wildman–Crippen LogP) is 3.25. The highest BCUT2D eigenvalue weighted by Crippen LogP contribution is 2.30. The second-order valence-corrected chi connectivity index (χ2v) is 6.27. The molecule has 1 aromatic carbocycles. The van der Waals surface area contributed by atoms with E-state index in [1.807, 2.05) is 44.2 Å². The van der Waals surface area contributed by atoms with Crippen LogP contribution in [0.1, 0.15) is 20.3 Å². The van der Waals surface area contributed by atoms with Gasteiger partial charge in [-0.05, 0) is 25.5 Å². The van der Waals surface area contributed by atoms with Crippen molar-refractivity contribution in [3.8, 4) is 5.69 Å². The molecule has 7 heteroatoms. The fourth-order valence-electron chi connectivity index (χ4n) is 2.34. The van der Waals surface area contributed by atoms with Crippen molar-refractivity contribution in [1.29, 1.82) is 0 Å². The summed E-state index contributed by atoms with van der Waals surface area (Å²) in [6.45, 7) is 4.14. The predicted molar refractivity (Wildman–Crippen MR) is 93.2 cm³/mol. The number of esters is 1. The lowest BCUT2D eigenvalue weighted by Crippen LogP contribution is -2.19. The van der Waals surface area contributed by atoms with Crippen LogP contribution in [0.15, 0.2) is 47.9 Å². The third-order valence-corrected chi connectivity index (χ3v) is 4.86. The number of fused-ring (bicyclic) bond motifs is 1. The van der Waals surface area contributed by atoms with Gasteiger partial charge in [-0.1, -0.05) is 36.9 Å². The Morgan fingerprint density at radius 1 is 1.25 bits per heavy atom. The SMILES string of the molecule is CCOC(=O)C(CC)Sc1ncnc2c1cnn2-c1ccccc1. The number of hydrogen-bond acceptors (Lipinski definition) is 6. The molecule has 0 fully saturated rings. The van der Waals surface area contributed by atoms with E-state index in [-0.39, 0.29) is 11.2 Å². The van der Waals surface area contributed by atoms with Gasteiger partial charge >= 0.3 is 5.97 Å². The van der Waals surface area contributed by atoms with Gasteiger partial charge in [0, 0.05) is 0 Å². The first-order valence-corrected chi connectivity index (χ1v) is 8.70. The zero-order valence-corrected chi connectivity index (χ0v) is 14.4. The summed E-state index contributed by atoms with van der Waals surface area (Å²) in [5, 5.41) is 5.70. The van der Waals surface area contributed by atoms with Gasteiger partial charge in [-0.3, -0.25) is 4.79 Å². The summed E-state index contributed by atoms with van der Waals surface area (Å²) in [7, 11) is 0. The molecule has 0 bridgehead atoms. The molecule has 0 aliphatic carbocycles. The summed E-state index contributed by atoms with van der Waals surface area (Å²) in [6.07, 6.45) is 3.91. The van der Waals surface area contributed by atoms with Crippen molar-refractivity contribution in [2.75, 3.05) is 6.61 Å². The number of rotatable bonds is 6. The van der Waals surface area contributed by atoms with Crippen LogP contribution in [0.25, 0.3) is 16.7 Å². The van der Waals surface area contributed by atoms with Crippen LogP contribution in [-0.4, -0.2) is 37.6 Å². The number of hydrogen-bond donors (Lipinski definition) is 0. The van der Waals surface area contributed by atoms with Gasteiger partial charge < -0.3 is 4.74 Å². The first-order valence-electron chi connectivity index (χ1n) is 7.82. The van der Waals surface area contributed by atoms with E-state index in [0.29, 0.717) is 13.0 Å². The summed E-state index contributed by atoms with van der Waals surface area (Å²) in [6, 6.07) is 9.79. The number of aromatic nitrogens is 4. The van der Waals surface area contributed by atoms with Crippen molar-refractivity contribution in [3.63, 3.8) is 0 Å². The molecule has 0 saturated carbocycles. The van der Waals surface area contributed by atoms with E-state index >= 15 is 0 Å². The van der Waals surface area contributed by atoms with Crippen molar-refractivity contribution in [2.45, 2.75) is 30.5 Å². The molecule has 1 unspecified atom stereocenters. The van der Waals surface area contributed by atoms with Crippen molar-refractivity contribution in [3.05, 3.63) is 42.9 Å². The van der Waals surface area contributed by atoms with Gasteiger partial charge in [-0.2, -0.15) is 5.10 Å². The maximum atomic E-state index is 12.0. The van der Waals surface area contributed by atoms with Gasteiger partial charge in [0.15, 0.2) is 5.65 Å². The Kier molecular flexibility index (Phi) is 5.10. The minimum atomic E-state index is -0.289. The minimum Gasteiger partial charge on any atom is -0.465 e. The zero-order chi connectivity index (χ0) is 16.9. The van der Waals surface area contributed by atoms with Crippen molar-refractivity contribution >= 4 is 28.8 Å². The number of ether oxygens (including phenoxy) is 1. The monoisotopic (exact) mass is 342 g/mol. The summed E-state index contributed by atoms with van der Waals surface area (Å²) >= 11 is 1.40. The van der Waals surface area contributed by atoms with E-state index in [1.165, 1.54) is 18.1 Å². The van der Waals surface area contributed by atoms with E-state index in [0.717, 1.165) is 21.7 Å². The lowest BCUT2D eigenvalue weighted by Gasteiger charge is -2.12. The lowest BCUT2D eigenvalue weighted by molar-refractivity contribution is -0.142. The average molecular weight is 342 g/mol. The summed E-state index contributed by atoms with van der Waals surface area (Å²) < 4.78 is 6.90. The molecular weight excluding hydrogens is 324 g/mol. The van der Waals surface area contributed by atoms with Crippen LogP contribution in [0.3, 0.4) is 0 Å². The second-order valence-electron chi connectivity index (χ2n) is 5.07. The molecule has 3 aromatic rings. The Hall–Kier alpha value is -2.41. The van der Waals surface area contributed by atoms with Crippen LogP contribution < -0.4 is 0 Å². The lowest BCUT2D eigenvalue weighted by atomic mass is 10.3. The fourth-order valence-corrected chi connectivity index (χ4v) is 3.32. The van der Waals surface area contributed by atoms with Crippen molar-refractivity contribution in [2.24, 2.45) is 0 Å². The maximum Gasteiger partial charge on any atom is 0.319 e. The van der Waals surface area contributed by atoms with Crippen molar-refractivity contribution in [1.82, 2.24) is 19.7 Å². The quantitative estimate of drug-likeness (QED) is 0.389. The van der Waals surface area contributed by atoms with Gasteiger partial charge in [0.1, 0.15) is 16.6 Å². The fraction of sp³-hybridized carbons (Fsp3) is 0.294. The molecule has 0 aliphatic heterocycles. The van der Waals surface area contributed by atoms with E-state index in [4.69, 9.17) is 4.74 Å². The zero-order valence-electron chi connectivity index (χ0n) is 13.5. The van der Waals surface area contributed by atoms with Crippen LogP contribution in [0.5, 0.6) is 0 Å². The Balaban J connectivity index is 1.96. The Labute approximate surface area is 144 Å². The van der Waals surface area contributed by atoms with Crippen LogP contribution in [0, 0.1) is 0 Å². The molecule has 2 aromatic heterocycles. The average Bonchev–Trinajstić information content (AvgIpc) is 3.05.